The van der Waals surface area contributed by atoms with Gasteiger partial charge in [0.25, 0.3) is 0 Å². The Balaban J connectivity index is 2.18. The number of imidazole rings is 1. The molecule has 0 atom stereocenters. The largest absolute Gasteiger partial charge is 0.507 e. The van der Waals surface area contributed by atoms with Crippen LogP contribution >= 0.6 is 0 Å². The number of carbonyl (C=O) groups is 1. The minimum absolute atomic E-state index is 0.0123. The molecule has 80 valence electrons. The summed E-state index contributed by atoms with van der Waals surface area (Å²) in [6, 6.07) is 6.44. The van der Waals surface area contributed by atoms with Crippen molar-refractivity contribution in [2.24, 2.45) is 0 Å². The van der Waals surface area contributed by atoms with Gasteiger partial charge in [0.1, 0.15) is 5.75 Å². The van der Waals surface area contributed by atoms with Gasteiger partial charge in [-0.15, -0.1) is 0 Å². The van der Waals surface area contributed by atoms with Gasteiger partial charge in [0.15, 0.2) is 5.78 Å². The molecule has 0 saturated carbocycles. The van der Waals surface area contributed by atoms with Gasteiger partial charge >= 0.3 is 0 Å². The van der Waals surface area contributed by atoms with E-state index < -0.39 is 0 Å². The lowest BCUT2D eigenvalue weighted by Gasteiger charge is -1.98. The second-order valence-corrected chi connectivity index (χ2v) is 3.22. The van der Waals surface area contributed by atoms with E-state index in [0.29, 0.717) is 5.56 Å². The molecule has 16 heavy (non-hydrogen) atoms. The molecule has 2 aromatic rings. The first-order chi connectivity index (χ1) is 7.77. The summed E-state index contributed by atoms with van der Waals surface area (Å²) in [5.74, 6) is -0.255. The summed E-state index contributed by atoms with van der Waals surface area (Å²) >= 11 is 0. The van der Waals surface area contributed by atoms with Crippen LogP contribution in [0.25, 0.3) is 6.08 Å². The second kappa shape index (κ2) is 4.44. The van der Waals surface area contributed by atoms with Gasteiger partial charge in [-0.2, -0.15) is 0 Å². The van der Waals surface area contributed by atoms with Crippen molar-refractivity contribution in [2.45, 2.75) is 0 Å². The standard InChI is InChI=1S/C12H10N2O2/c15-11-4-2-1-3-10(11)12(16)6-5-9-7-13-8-14-9/h1-8,15H,(H,13,14)/b6-5+. The van der Waals surface area contributed by atoms with E-state index in [2.05, 4.69) is 9.97 Å². The Labute approximate surface area is 92.3 Å². The van der Waals surface area contributed by atoms with Crippen LogP contribution in [0.15, 0.2) is 42.9 Å². The Hall–Kier alpha value is -2.36. The average molecular weight is 214 g/mol. The number of hydrogen-bond acceptors (Lipinski definition) is 3. The van der Waals surface area contributed by atoms with Crippen LogP contribution in [0.2, 0.25) is 0 Å². The van der Waals surface area contributed by atoms with Crippen LogP contribution in [0.3, 0.4) is 0 Å². The number of carbonyl (C=O) groups excluding carboxylic acids is 1. The summed E-state index contributed by atoms with van der Waals surface area (Å²) in [7, 11) is 0. The first-order valence-electron chi connectivity index (χ1n) is 4.76. The average Bonchev–Trinajstić information content (AvgIpc) is 2.79. The normalized spacial score (nSPS) is 10.8. The van der Waals surface area contributed by atoms with Gasteiger partial charge in [0.05, 0.1) is 23.8 Å². The van der Waals surface area contributed by atoms with E-state index in [1.807, 2.05) is 0 Å². The zero-order chi connectivity index (χ0) is 11.4. The van der Waals surface area contributed by atoms with Crippen molar-refractivity contribution in [3.05, 3.63) is 54.1 Å². The fraction of sp³-hybridized carbons (Fsp3) is 0. The van der Waals surface area contributed by atoms with Crippen LogP contribution in [0.4, 0.5) is 0 Å². The molecule has 0 amide bonds. The molecule has 4 heteroatoms. The molecule has 2 rings (SSSR count). The Morgan fingerprint density at radius 3 is 2.88 bits per heavy atom. The SMILES string of the molecule is O=C(/C=C/c1cnc[nH]1)c1ccccc1O. The number of aromatic hydroxyl groups is 1. The van der Waals surface area contributed by atoms with Crippen molar-refractivity contribution in [2.75, 3.05) is 0 Å². The summed E-state index contributed by atoms with van der Waals surface area (Å²) in [5, 5.41) is 9.46. The summed E-state index contributed by atoms with van der Waals surface area (Å²) in [4.78, 5) is 18.3. The lowest BCUT2D eigenvalue weighted by Crippen LogP contribution is -1.94. The molecule has 4 nitrogen and oxygen atoms in total. The highest BCUT2D eigenvalue weighted by Crippen LogP contribution is 2.16. The molecule has 1 aromatic heterocycles. The van der Waals surface area contributed by atoms with Gasteiger partial charge in [-0.3, -0.25) is 4.79 Å². The number of nitrogens with zero attached hydrogens (tertiary/aromatic N) is 1. The molecular formula is C12H10N2O2. The van der Waals surface area contributed by atoms with Crippen LogP contribution in [-0.2, 0) is 0 Å². The molecular weight excluding hydrogens is 204 g/mol. The molecule has 0 aliphatic rings. The number of rotatable bonds is 3. The third-order valence-corrected chi connectivity index (χ3v) is 2.10. The summed E-state index contributed by atoms with van der Waals surface area (Å²) in [5.41, 5.74) is 1.03. The first-order valence-corrected chi connectivity index (χ1v) is 4.76. The predicted molar refractivity (Wildman–Crippen MR) is 60.1 cm³/mol. The van der Waals surface area contributed by atoms with E-state index in [9.17, 15) is 9.90 Å². The van der Waals surface area contributed by atoms with Crippen molar-refractivity contribution in [3.63, 3.8) is 0 Å². The molecule has 0 unspecified atom stereocenters. The smallest absolute Gasteiger partial charge is 0.189 e. The number of para-hydroxylation sites is 1. The first kappa shape index (κ1) is 10.2. The maximum absolute atomic E-state index is 11.7. The quantitative estimate of drug-likeness (QED) is 0.606. The van der Waals surface area contributed by atoms with Crippen molar-refractivity contribution in [3.8, 4) is 5.75 Å². The number of hydrogen-bond donors (Lipinski definition) is 2. The van der Waals surface area contributed by atoms with E-state index in [-0.39, 0.29) is 11.5 Å². The Kier molecular flexibility index (Phi) is 2.82. The van der Waals surface area contributed by atoms with E-state index in [1.54, 1.807) is 30.5 Å². The number of allylic oxidation sites excluding steroid dienone is 1. The van der Waals surface area contributed by atoms with E-state index in [0.717, 1.165) is 5.69 Å². The van der Waals surface area contributed by atoms with Gasteiger partial charge < -0.3 is 10.1 Å². The van der Waals surface area contributed by atoms with Crippen molar-refractivity contribution in [1.82, 2.24) is 9.97 Å². The molecule has 0 bridgehead atoms. The predicted octanol–water partition coefficient (Wildman–Crippen LogP) is 2.01. The summed E-state index contributed by atoms with van der Waals surface area (Å²) in [6.07, 6.45) is 6.14. The molecule has 0 spiro atoms. The number of phenolic OH excluding ortho intramolecular Hbond substituents is 1. The second-order valence-electron chi connectivity index (χ2n) is 3.22. The summed E-state index contributed by atoms with van der Waals surface area (Å²) < 4.78 is 0. The highest BCUT2D eigenvalue weighted by atomic mass is 16.3. The third-order valence-electron chi connectivity index (χ3n) is 2.10. The van der Waals surface area contributed by atoms with E-state index >= 15 is 0 Å². The number of aromatic nitrogens is 2. The minimum Gasteiger partial charge on any atom is -0.507 e. The van der Waals surface area contributed by atoms with Crippen LogP contribution in [0.1, 0.15) is 16.1 Å². The molecule has 0 radical (unpaired) electrons. The molecule has 2 N–H and O–H groups in total. The van der Waals surface area contributed by atoms with Crippen LogP contribution < -0.4 is 0 Å². The zero-order valence-corrected chi connectivity index (χ0v) is 8.42. The number of aromatic amines is 1. The molecule has 1 aromatic carbocycles. The monoisotopic (exact) mass is 214 g/mol. The van der Waals surface area contributed by atoms with Gasteiger partial charge in [0.2, 0.25) is 0 Å². The molecule has 0 saturated heterocycles. The highest BCUT2D eigenvalue weighted by Gasteiger charge is 2.06. The fourth-order valence-electron chi connectivity index (χ4n) is 1.30. The Bertz CT molecular complexity index is 516. The van der Waals surface area contributed by atoms with Gasteiger partial charge in [-0.1, -0.05) is 12.1 Å². The lowest BCUT2D eigenvalue weighted by molar-refractivity contribution is 0.104. The summed E-state index contributed by atoms with van der Waals surface area (Å²) in [6.45, 7) is 0. The van der Waals surface area contributed by atoms with Crippen molar-refractivity contribution < 1.29 is 9.90 Å². The van der Waals surface area contributed by atoms with Gasteiger partial charge in [-0.05, 0) is 24.3 Å². The molecule has 0 fully saturated rings. The molecule has 0 aliphatic carbocycles. The maximum atomic E-state index is 11.7. The number of benzene rings is 1. The number of H-pyrrole nitrogens is 1. The van der Waals surface area contributed by atoms with Crippen molar-refractivity contribution >= 4 is 11.9 Å². The van der Waals surface area contributed by atoms with Crippen LogP contribution in [0.5, 0.6) is 5.75 Å². The third kappa shape index (κ3) is 2.17. The minimum atomic E-state index is -0.243. The van der Waals surface area contributed by atoms with Crippen molar-refractivity contribution in [1.29, 1.82) is 0 Å². The molecule has 1 heterocycles. The van der Waals surface area contributed by atoms with Gasteiger partial charge in [0, 0.05) is 0 Å². The van der Waals surface area contributed by atoms with E-state index in [1.165, 1.54) is 18.5 Å². The number of nitrogens with one attached hydrogen (secondary N) is 1. The maximum Gasteiger partial charge on any atom is 0.189 e. The lowest BCUT2D eigenvalue weighted by atomic mass is 10.1. The zero-order valence-electron chi connectivity index (χ0n) is 8.42. The van der Waals surface area contributed by atoms with Gasteiger partial charge in [-0.25, -0.2) is 4.98 Å². The Morgan fingerprint density at radius 1 is 1.38 bits per heavy atom. The fourth-order valence-corrected chi connectivity index (χ4v) is 1.30. The van der Waals surface area contributed by atoms with E-state index in [4.69, 9.17) is 0 Å². The topological polar surface area (TPSA) is 66.0 Å². The Morgan fingerprint density at radius 2 is 2.19 bits per heavy atom. The number of phenols is 1. The van der Waals surface area contributed by atoms with Crippen LogP contribution in [0, 0.1) is 0 Å². The highest BCUT2D eigenvalue weighted by molar-refractivity contribution is 6.08. The van der Waals surface area contributed by atoms with Crippen LogP contribution in [-0.4, -0.2) is 20.9 Å². The number of ketones is 1. The molecule has 0 aliphatic heterocycles.